The van der Waals surface area contributed by atoms with Gasteiger partial charge < -0.3 is 9.64 Å². The Bertz CT molecular complexity index is 766. The van der Waals surface area contributed by atoms with Crippen molar-refractivity contribution in [3.63, 3.8) is 0 Å². The molecule has 0 radical (unpaired) electrons. The van der Waals surface area contributed by atoms with Gasteiger partial charge in [-0.05, 0) is 31.9 Å². The van der Waals surface area contributed by atoms with Crippen LogP contribution in [0.1, 0.15) is 35.6 Å². The summed E-state index contributed by atoms with van der Waals surface area (Å²) in [5.41, 5.74) is 2.47. The van der Waals surface area contributed by atoms with Gasteiger partial charge in [-0.25, -0.2) is 4.68 Å². The van der Waals surface area contributed by atoms with Gasteiger partial charge >= 0.3 is 0 Å². The third-order valence-corrected chi connectivity index (χ3v) is 4.15. The molecule has 0 saturated heterocycles. The van der Waals surface area contributed by atoms with Gasteiger partial charge in [0.1, 0.15) is 0 Å². The Morgan fingerprint density at radius 1 is 1.19 bits per heavy atom. The summed E-state index contributed by atoms with van der Waals surface area (Å²) in [6, 6.07) is 9.57. The van der Waals surface area contributed by atoms with Crippen LogP contribution in [0.5, 0.6) is 0 Å². The maximum atomic E-state index is 12.9. The van der Waals surface area contributed by atoms with Crippen LogP contribution in [0.15, 0.2) is 30.3 Å². The van der Waals surface area contributed by atoms with Gasteiger partial charge in [0.15, 0.2) is 0 Å². The molecule has 1 heterocycles. The van der Waals surface area contributed by atoms with E-state index in [0.29, 0.717) is 36.6 Å². The summed E-state index contributed by atoms with van der Waals surface area (Å²) in [5, 5.41) is 4.47. The van der Waals surface area contributed by atoms with Crippen molar-refractivity contribution < 1.29 is 14.3 Å². The average molecular weight is 357 g/mol. The van der Waals surface area contributed by atoms with E-state index in [0.717, 1.165) is 5.69 Å². The maximum Gasteiger partial charge on any atom is 0.295 e. The van der Waals surface area contributed by atoms with Crippen LogP contribution in [0.4, 0.5) is 0 Å². The van der Waals surface area contributed by atoms with Crippen molar-refractivity contribution in [2.24, 2.45) is 5.92 Å². The largest absolute Gasteiger partial charge is 0.383 e. The van der Waals surface area contributed by atoms with E-state index in [2.05, 4.69) is 5.10 Å². The molecule has 0 saturated carbocycles. The quantitative estimate of drug-likeness (QED) is 0.538. The molecule has 2 aromatic rings. The number of hydrogen-bond acceptors (Lipinski definition) is 4. The molecule has 0 unspecified atom stereocenters. The highest BCUT2D eigenvalue weighted by Crippen LogP contribution is 2.19. The minimum Gasteiger partial charge on any atom is -0.383 e. The maximum absolute atomic E-state index is 12.9. The molecule has 0 N–H and O–H groups in total. The topological polar surface area (TPSA) is 64.4 Å². The molecule has 1 aromatic carbocycles. The predicted octanol–water partition coefficient (Wildman–Crippen LogP) is 2.80. The Morgan fingerprint density at radius 2 is 1.85 bits per heavy atom. The third-order valence-electron chi connectivity index (χ3n) is 4.15. The molecule has 6 nitrogen and oxygen atoms in total. The molecule has 0 aliphatic carbocycles. The van der Waals surface area contributed by atoms with Gasteiger partial charge in [0.2, 0.25) is 0 Å². The van der Waals surface area contributed by atoms with Crippen molar-refractivity contribution in [2.75, 3.05) is 26.8 Å². The zero-order chi connectivity index (χ0) is 19.3. The summed E-state index contributed by atoms with van der Waals surface area (Å²) >= 11 is 0. The predicted molar refractivity (Wildman–Crippen MR) is 101 cm³/mol. The molecule has 6 heteroatoms. The lowest BCUT2D eigenvalue weighted by molar-refractivity contribution is -0.127. The van der Waals surface area contributed by atoms with Gasteiger partial charge in [-0.2, -0.15) is 5.10 Å². The van der Waals surface area contributed by atoms with Crippen LogP contribution >= 0.6 is 0 Å². The van der Waals surface area contributed by atoms with Crippen molar-refractivity contribution in [3.8, 4) is 5.69 Å². The van der Waals surface area contributed by atoms with E-state index in [4.69, 9.17) is 4.74 Å². The minimum atomic E-state index is -0.515. The molecule has 0 spiro atoms. The SMILES string of the molecule is COCCN(CC(C)C)C(=O)C(=O)c1c(C)nn(-c2ccccc2)c1C. The monoisotopic (exact) mass is 357 g/mol. The van der Waals surface area contributed by atoms with Crippen LogP contribution < -0.4 is 0 Å². The van der Waals surface area contributed by atoms with Crippen molar-refractivity contribution >= 4 is 11.7 Å². The molecular weight excluding hydrogens is 330 g/mol. The number of ether oxygens (including phenoxy) is 1. The highest BCUT2D eigenvalue weighted by Gasteiger charge is 2.29. The molecule has 1 aromatic heterocycles. The summed E-state index contributed by atoms with van der Waals surface area (Å²) in [5.74, 6) is -0.758. The number of para-hydroxylation sites is 1. The van der Waals surface area contributed by atoms with Gasteiger partial charge in [0, 0.05) is 20.2 Å². The number of Topliss-reactive ketones (excluding diaryl/α,β-unsaturated/α-hetero) is 1. The second kappa shape index (κ2) is 8.76. The highest BCUT2D eigenvalue weighted by atomic mass is 16.5. The first-order valence-electron chi connectivity index (χ1n) is 8.81. The summed E-state index contributed by atoms with van der Waals surface area (Å²) in [6.45, 7) is 8.91. The van der Waals surface area contributed by atoms with Crippen LogP contribution in [0, 0.1) is 19.8 Å². The van der Waals surface area contributed by atoms with Crippen LogP contribution in [-0.4, -0.2) is 53.2 Å². The Balaban J connectivity index is 2.33. The Labute approximate surface area is 154 Å². The van der Waals surface area contributed by atoms with E-state index < -0.39 is 11.7 Å². The average Bonchev–Trinajstić information content (AvgIpc) is 2.92. The van der Waals surface area contributed by atoms with E-state index in [1.165, 1.54) is 0 Å². The first kappa shape index (κ1) is 19.8. The fourth-order valence-electron chi connectivity index (χ4n) is 2.96. The number of nitrogens with zero attached hydrogens (tertiary/aromatic N) is 3. The Morgan fingerprint density at radius 3 is 2.42 bits per heavy atom. The second-order valence-corrected chi connectivity index (χ2v) is 6.76. The fourth-order valence-corrected chi connectivity index (χ4v) is 2.96. The number of hydrogen-bond donors (Lipinski definition) is 0. The lowest BCUT2D eigenvalue weighted by atomic mass is 10.1. The summed E-state index contributed by atoms with van der Waals surface area (Å²) in [7, 11) is 1.58. The molecule has 140 valence electrons. The third kappa shape index (κ3) is 4.38. The summed E-state index contributed by atoms with van der Waals surface area (Å²) in [6.07, 6.45) is 0. The number of aromatic nitrogens is 2. The Hall–Kier alpha value is -2.47. The molecule has 2 rings (SSSR count). The van der Waals surface area contributed by atoms with Crippen LogP contribution in [0.3, 0.4) is 0 Å². The molecule has 0 aliphatic heterocycles. The van der Waals surface area contributed by atoms with Crippen molar-refractivity contribution in [1.29, 1.82) is 0 Å². The van der Waals surface area contributed by atoms with E-state index in [-0.39, 0.29) is 5.92 Å². The smallest absolute Gasteiger partial charge is 0.295 e. The molecular formula is C20H27N3O3. The van der Waals surface area contributed by atoms with Crippen molar-refractivity contribution in [2.45, 2.75) is 27.7 Å². The van der Waals surface area contributed by atoms with Crippen molar-refractivity contribution in [1.82, 2.24) is 14.7 Å². The van der Waals surface area contributed by atoms with Gasteiger partial charge in [-0.3, -0.25) is 9.59 Å². The number of aryl methyl sites for hydroxylation is 1. The summed E-state index contributed by atoms with van der Waals surface area (Å²) < 4.78 is 6.78. The highest BCUT2D eigenvalue weighted by molar-refractivity contribution is 6.43. The van der Waals surface area contributed by atoms with E-state index in [1.54, 1.807) is 23.6 Å². The fraction of sp³-hybridized carbons (Fsp3) is 0.450. The second-order valence-electron chi connectivity index (χ2n) is 6.76. The van der Waals surface area contributed by atoms with E-state index >= 15 is 0 Å². The van der Waals surface area contributed by atoms with Crippen LogP contribution in [-0.2, 0) is 9.53 Å². The number of carbonyl (C=O) groups is 2. The van der Waals surface area contributed by atoms with Crippen LogP contribution in [0.2, 0.25) is 0 Å². The molecule has 26 heavy (non-hydrogen) atoms. The number of methoxy groups -OCH3 is 1. The van der Waals surface area contributed by atoms with Gasteiger partial charge in [0.05, 0.1) is 29.2 Å². The molecule has 0 atom stereocenters. The van der Waals surface area contributed by atoms with Gasteiger partial charge in [-0.1, -0.05) is 32.0 Å². The molecule has 0 bridgehead atoms. The van der Waals surface area contributed by atoms with E-state index in [9.17, 15) is 9.59 Å². The number of amides is 1. The van der Waals surface area contributed by atoms with E-state index in [1.807, 2.05) is 51.1 Å². The van der Waals surface area contributed by atoms with Crippen LogP contribution in [0.25, 0.3) is 5.69 Å². The first-order chi connectivity index (χ1) is 12.4. The zero-order valence-electron chi connectivity index (χ0n) is 16.2. The first-order valence-corrected chi connectivity index (χ1v) is 8.81. The standard InChI is InChI=1S/C20H27N3O3/c1-14(2)13-22(11-12-26-5)20(25)19(24)18-15(3)21-23(16(18)4)17-9-7-6-8-10-17/h6-10,14H,11-13H2,1-5H3. The zero-order valence-corrected chi connectivity index (χ0v) is 16.2. The number of rotatable bonds is 8. The van der Waals surface area contributed by atoms with Crippen molar-refractivity contribution in [3.05, 3.63) is 47.3 Å². The molecule has 1 amide bonds. The molecule has 0 aliphatic rings. The Kier molecular flexibility index (Phi) is 6.69. The summed E-state index contributed by atoms with van der Waals surface area (Å²) in [4.78, 5) is 27.3. The number of benzene rings is 1. The van der Waals surface area contributed by atoms with Gasteiger partial charge in [-0.15, -0.1) is 0 Å². The lowest BCUT2D eigenvalue weighted by Gasteiger charge is -2.23. The number of carbonyl (C=O) groups excluding carboxylic acids is 2. The number of ketones is 1. The van der Waals surface area contributed by atoms with Gasteiger partial charge in [0.25, 0.3) is 11.7 Å². The molecule has 0 fully saturated rings. The lowest BCUT2D eigenvalue weighted by Crippen LogP contribution is -2.41. The minimum absolute atomic E-state index is 0.262. The normalized spacial score (nSPS) is 11.0.